The highest BCUT2D eigenvalue weighted by atomic mass is 16.7. The zero-order chi connectivity index (χ0) is 20.1. The van der Waals surface area contributed by atoms with Crippen molar-refractivity contribution in [3.05, 3.63) is 83.4 Å². The van der Waals surface area contributed by atoms with E-state index in [9.17, 15) is 4.79 Å². The third-order valence-corrected chi connectivity index (χ3v) is 5.98. The van der Waals surface area contributed by atoms with Gasteiger partial charge in [0, 0.05) is 11.6 Å². The molecule has 0 saturated heterocycles. The summed E-state index contributed by atoms with van der Waals surface area (Å²) in [7, 11) is 0. The highest BCUT2D eigenvalue weighted by Crippen LogP contribution is 2.54. The lowest BCUT2D eigenvalue weighted by atomic mass is 9.77. The first-order valence-electron chi connectivity index (χ1n) is 9.87. The van der Waals surface area contributed by atoms with E-state index in [1.807, 2.05) is 66.7 Å². The molecule has 0 radical (unpaired) electrons. The van der Waals surface area contributed by atoms with Crippen LogP contribution >= 0.6 is 0 Å². The molecule has 3 heterocycles. The van der Waals surface area contributed by atoms with Crippen LogP contribution in [0.25, 0.3) is 0 Å². The number of carbonyl (C=O) groups is 1. The summed E-state index contributed by atoms with van der Waals surface area (Å²) in [5, 5.41) is 0. The molecule has 6 nitrogen and oxygen atoms in total. The van der Waals surface area contributed by atoms with Gasteiger partial charge in [-0.1, -0.05) is 48.5 Å². The number of hydrogen-bond acceptors (Lipinski definition) is 5. The Bertz CT molecular complexity index is 1150. The summed E-state index contributed by atoms with van der Waals surface area (Å²) in [6.07, 6.45) is 0. The Morgan fingerprint density at radius 3 is 2.50 bits per heavy atom. The summed E-state index contributed by atoms with van der Waals surface area (Å²) < 4.78 is 22.9. The number of ether oxygens (including phenoxy) is 4. The van der Waals surface area contributed by atoms with Crippen molar-refractivity contribution in [2.45, 2.75) is 12.0 Å². The lowest BCUT2D eigenvalue weighted by molar-refractivity contribution is -0.123. The Hall–Kier alpha value is -3.51. The van der Waals surface area contributed by atoms with Crippen LogP contribution in [-0.4, -0.2) is 26.0 Å². The quantitative estimate of drug-likeness (QED) is 0.669. The van der Waals surface area contributed by atoms with Gasteiger partial charge in [-0.2, -0.15) is 0 Å². The molecule has 0 aliphatic carbocycles. The molecule has 1 spiro atoms. The molecule has 0 bridgehead atoms. The van der Waals surface area contributed by atoms with Crippen LogP contribution < -0.4 is 19.1 Å². The van der Waals surface area contributed by atoms with E-state index < -0.39 is 5.41 Å². The molecular formula is C24H19NO5. The van der Waals surface area contributed by atoms with Gasteiger partial charge in [0.05, 0.1) is 12.3 Å². The van der Waals surface area contributed by atoms with E-state index in [1.165, 1.54) is 0 Å². The van der Waals surface area contributed by atoms with E-state index in [-0.39, 0.29) is 26.0 Å². The molecule has 3 aromatic carbocycles. The Kier molecular flexibility index (Phi) is 3.76. The first kappa shape index (κ1) is 17.4. The van der Waals surface area contributed by atoms with E-state index in [2.05, 4.69) is 0 Å². The van der Waals surface area contributed by atoms with Crippen molar-refractivity contribution in [1.29, 1.82) is 0 Å². The van der Waals surface area contributed by atoms with Crippen LogP contribution in [-0.2, 0) is 21.6 Å². The van der Waals surface area contributed by atoms with Gasteiger partial charge in [0.1, 0.15) is 24.5 Å². The number of hydrogen-bond donors (Lipinski definition) is 0. The largest absolute Gasteiger partial charge is 0.491 e. The summed E-state index contributed by atoms with van der Waals surface area (Å²) >= 11 is 0. The van der Waals surface area contributed by atoms with Crippen molar-refractivity contribution < 1.29 is 23.7 Å². The third kappa shape index (κ3) is 2.37. The van der Waals surface area contributed by atoms with Crippen molar-refractivity contribution >= 4 is 11.6 Å². The maximum Gasteiger partial charge on any atom is 0.247 e. The van der Waals surface area contributed by atoms with Crippen molar-refractivity contribution in [2.75, 3.05) is 25.0 Å². The zero-order valence-corrected chi connectivity index (χ0v) is 16.2. The fourth-order valence-corrected chi connectivity index (χ4v) is 4.52. The minimum absolute atomic E-state index is 0.0469. The van der Waals surface area contributed by atoms with Crippen LogP contribution in [0.3, 0.4) is 0 Å². The molecule has 6 rings (SSSR count). The van der Waals surface area contributed by atoms with Crippen molar-refractivity contribution in [2.24, 2.45) is 0 Å². The van der Waals surface area contributed by atoms with E-state index in [0.29, 0.717) is 23.9 Å². The normalized spacial score (nSPS) is 20.4. The summed E-state index contributed by atoms with van der Waals surface area (Å²) in [6.45, 7) is 1.03. The van der Waals surface area contributed by atoms with Gasteiger partial charge >= 0.3 is 0 Å². The molecule has 0 fully saturated rings. The minimum Gasteiger partial charge on any atom is -0.491 e. The van der Waals surface area contributed by atoms with Crippen molar-refractivity contribution in [3.8, 4) is 17.2 Å². The second kappa shape index (κ2) is 6.50. The molecule has 150 valence electrons. The van der Waals surface area contributed by atoms with Gasteiger partial charge in [-0.25, -0.2) is 0 Å². The molecule has 1 unspecified atom stereocenters. The SMILES string of the molecule is O=C1N(COCc2ccccc2)c2ccccc2C12COc1cc3c(cc12)OCO3. The van der Waals surface area contributed by atoms with Crippen LogP contribution in [0.1, 0.15) is 16.7 Å². The summed E-state index contributed by atoms with van der Waals surface area (Å²) in [6, 6.07) is 21.5. The van der Waals surface area contributed by atoms with Gasteiger partial charge in [-0.3, -0.25) is 9.69 Å². The second-order valence-electron chi connectivity index (χ2n) is 7.61. The van der Waals surface area contributed by atoms with Gasteiger partial charge in [0.15, 0.2) is 11.5 Å². The topological polar surface area (TPSA) is 57.2 Å². The number of benzene rings is 3. The molecule has 3 aliphatic heterocycles. The smallest absolute Gasteiger partial charge is 0.247 e. The molecule has 1 atom stereocenters. The number of amides is 1. The number of anilines is 1. The Morgan fingerprint density at radius 2 is 1.63 bits per heavy atom. The maximum atomic E-state index is 13.8. The van der Waals surface area contributed by atoms with E-state index >= 15 is 0 Å². The maximum absolute atomic E-state index is 13.8. The minimum atomic E-state index is -0.900. The van der Waals surface area contributed by atoms with E-state index in [1.54, 1.807) is 4.90 Å². The molecule has 6 heteroatoms. The average molecular weight is 401 g/mol. The number of rotatable bonds is 4. The summed E-state index contributed by atoms with van der Waals surface area (Å²) in [5.74, 6) is 1.90. The predicted octanol–water partition coefficient (Wildman–Crippen LogP) is 3.61. The van der Waals surface area contributed by atoms with Crippen molar-refractivity contribution in [1.82, 2.24) is 0 Å². The lowest BCUT2D eigenvalue weighted by Gasteiger charge is -2.23. The summed E-state index contributed by atoms with van der Waals surface area (Å²) in [5.41, 5.74) is 2.76. The molecule has 3 aliphatic rings. The molecule has 0 saturated carbocycles. The van der Waals surface area contributed by atoms with Crippen molar-refractivity contribution in [3.63, 3.8) is 0 Å². The van der Waals surface area contributed by atoms with Gasteiger partial charge in [0.2, 0.25) is 12.7 Å². The number of para-hydroxylation sites is 1. The molecular weight excluding hydrogens is 382 g/mol. The average Bonchev–Trinajstić information content (AvgIpc) is 3.45. The number of carbonyl (C=O) groups excluding carboxylic acids is 1. The standard InChI is InChI=1S/C24H19NO5/c26-23-24(13-28-20-11-22-21(10-18(20)24)29-15-30-22)17-8-4-5-9-19(17)25(23)14-27-12-16-6-2-1-3-7-16/h1-11H,12-15H2. The second-order valence-corrected chi connectivity index (χ2v) is 7.61. The number of fused-ring (bicyclic) bond motifs is 5. The van der Waals surface area contributed by atoms with Gasteiger partial charge in [-0.15, -0.1) is 0 Å². The monoisotopic (exact) mass is 401 g/mol. The fourth-order valence-electron chi connectivity index (χ4n) is 4.52. The van der Waals surface area contributed by atoms with Crippen LogP contribution in [0.5, 0.6) is 17.2 Å². The van der Waals surface area contributed by atoms with Crippen LogP contribution in [0.15, 0.2) is 66.7 Å². The Morgan fingerprint density at radius 1 is 0.867 bits per heavy atom. The first-order chi connectivity index (χ1) is 14.8. The fraction of sp³-hybridized carbons (Fsp3) is 0.208. The highest BCUT2D eigenvalue weighted by molar-refractivity contribution is 6.11. The Balaban J connectivity index is 1.36. The highest BCUT2D eigenvalue weighted by Gasteiger charge is 2.57. The van der Waals surface area contributed by atoms with Crippen LogP contribution in [0, 0.1) is 0 Å². The predicted molar refractivity (Wildman–Crippen MR) is 109 cm³/mol. The van der Waals surface area contributed by atoms with E-state index in [0.717, 1.165) is 22.4 Å². The van der Waals surface area contributed by atoms with Gasteiger partial charge in [-0.05, 0) is 23.3 Å². The Labute approximate surface area is 173 Å². The molecule has 1 amide bonds. The van der Waals surface area contributed by atoms with Crippen LogP contribution in [0.2, 0.25) is 0 Å². The molecule has 3 aromatic rings. The summed E-state index contributed by atoms with van der Waals surface area (Å²) in [4.78, 5) is 15.5. The molecule has 0 aromatic heterocycles. The van der Waals surface area contributed by atoms with Crippen LogP contribution in [0.4, 0.5) is 5.69 Å². The number of nitrogens with zero attached hydrogens (tertiary/aromatic N) is 1. The zero-order valence-electron chi connectivity index (χ0n) is 16.2. The third-order valence-electron chi connectivity index (χ3n) is 5.98. The molecule has 30 heavy (non-hydrogen) atoms. The van der Waals surface area contributed by atoms with Gasteiger partial charge in [0.25, 0.3) is 0 Å². The first-order valence-corrected chi connectivity index (χ1v) is 9.87. The molecule has 0 N–H and O–H groups in total. The van der Waals surface area contributed by atoms with Gasteiger partial charge < -0.3 is 18.9 Å². The lowest BCUT2D eigenvalue weighted by Crippen LogP contribution is -2.43. The van der Waals surface area contributed by atoms with E-state index in [4.69, 9.17) is 18.9 Å².